The minimum absolute atomic E-state index is 0.0225. The third-order valence-corrected chi connectivity index (χ3v) is 2.58. The van der Waals surface area contributed by atoms with Gasteiger partial charge >= 0.3 is 0 Å². The van der Waals surface area contributed by atoms with Crippen molar-refractivity contribution >= 4 is 15.7 Å². The summed E-state index contributed by atoms with van der Waals surface area (Å²) in [6.07, 6.45) is 0.956. The Labute approximate surface area is 87.1 Å². The molecule has 4 nitrogen and oxygen atoms in total. The van der Waals surface area contributed by atoms with Crippen LogP contribution in [0.5, 0.6) is 0 Å². The molecular weight excluding hydrogens is 221 g/mol. The Morgan fingerprint density at radius 1 is 1.53 bits per heavy atom. The van der Waals surface area contributed by atoms with Gasteiger partial charge < -0.3 is 4.74 Å². The van der Waals surface area contributed by atoms with E-state index in [0.717, 1.165) is 11.8 Å². The maximum absolute atomic E-state index is 13.2. The second kappa shape index (κ2) is 3.46. The molecule has 2 rings (SSSR count). The first-order valence-electron chi connectivity index (χ1n) is 4.34. The first kappa shape index (κ1) is 10.4. The first-order chi connectivity index (χ1) is 6.96. The Kier molecular flexibility index (Phi) is 2.40. The van der Waals surface area contributed by atoms with Gasteiger partial charge in [-0.1, -0.05) is 6.07 Å². The van der Waals surface area contributed by atoms with Crippen LogP contribution in [0.1, 0.15) is 11.7 Å². The number of sulfonamides is 1. The lowest BCUT2D eigenvalue weighted by Crippen LogP contribution is -2.11. The quantitative estimate of drug-likeness (QED) is 0.797. The molecule has 82 valence electrons. The summed E-state index contributed by atoms with van der Waals surface area (Å²) >= 11 is 0. The molecule has 0 radical (unpaired) electrons. The molecule has 1 aromatic rings. The highest BCUT2D eigenvalue weighted by atomic mass is 32.2. The first-order valence-corrected chi connectivity index (χ1v) is 6.24. The lowest BCUT2D eigenvalue weighted by molar-refractivity contribution is 0.415. The summed E-state index contributed by atoms with van der Waals surface area (Å²) < 4.78 is 42.2. The summed E-state index contributed by atoms with van der Waals surface area (Å²) in [6.45, 7) is 0.601. The Morgan fingerprint density at radius 3 is 2.73 bits per heavy atom. The number of hydrogen-bond donors (Lipinski definition) is 1. The zero-order valence-electron chi connectivity index (χ0n) is 8.03. The predicted molar refractivity (Wildman–Crippen MR) is 53.6 cm³/mol. The fourth-order valence-electron chi connectivity index (χ4n) is 1.26. The summed E-state index contributed by atoms with van der Waals surface area (Å²) in [7, 11) is -3.45. The van der Waals surface area contributed by atoms with E-state index in [1.165, 1.54) is 12.1 Å². The topological polar surface area (TPSA) is 58.7 Å². The summed E-state index contributed by atoms with van der Waals surface area (Å²) in [4.78, 5) is 0. The average Bonchev–Trinajstić information content (AvgIpc) is 2.89. The van der Waals surface area contributed by atoms with Crippen molar-refractivity contribution in [2.45, 2.75) is 6.10 Å². The molecule has 0 aromatic heterocycles. The molecule has 1 atom stereocenters. The number of epoxide rings is 1. The van der Waals surface area contributed by atoms with E-state index >= 15 is 0 Å². The second-order valence-corrected chi connectivity index (χ2v) is 5.18. The summed E-state index contributed by atoms with van der Waals surface area (Å²) in [5.74, 6) is -0.593. The number of hydrogen-bond acceptors (Lipinski definition) is 3. The molecule has 0 bridgehead atoms. The number of benzene rings is 1. The molecule has 0 spiro atoms. The van der Waals surface area contributed by atoms with Crippen LogP contribution in [0.25, 0.3) is 0 Å². The van der Waals surface area contributed by atoms with E-state index in [1.807, 2.05) is 0 Å². The van der Waals surface area contributed by atoms with Gasteiger partial charge in [0.05, 0.1) is 18.6 Å². The number of nitrogens with one attached hydrogen (secondary N) is 1. The van der Waals surface area contributed by atoms with Crippen LogP contribution >= 0.6 is 0 Å². The van der Waals surface area contributed by atoms with E-state index < -0.39 is 15.8 Å². The lowest BCUT2D eigenvalue weighted by atomic mass is 10.1. The van der Waals surface area contributed by atoms with Gasteiger partial charge in [0.1, 0.15) is 11.9 Å². The van der Waals surface area contributed by atoms with Crippen molar-refractivity contribution in [3.63, 3.8) is 0 Å². The zero-order valence-corrected chi connectivity index (χ0v) is 8.84. The van der Waals surface area contributed by atoms with Gasteiger partial charge in [0.2, 0.25) is 10.0 Å². The Morgan fingerprint density at radius 2 is 2.20 bits per heavy atom. The van der Waals surface area contributed by atoms with Gasteiger partial charge in [0.15, 0.2) is 0 Å². The van der Waals surface area contributed by atoms with Gasteiger partial charge in [-0.25, -0.2) is 12.8 Å². The van der Waals surface area contributed by atoms with Crippen LogP contribution in [-0.2, 0) is 14.8 Å². The van der Waals surface area contributed by atoms with Crippen LogP contribution in [0.2, 0.25) is 0 Å². The van der Waals surface area contributed by atoms with Crippen molar-refractivity contribution in [1.29, 1.82) is 0 Å². The zero-order chi connectivity index (χ0) is 11.1. The van der Waals surface area contributed by atoms with E-state index in [2.05, 4.69) is 4.72 Å². The summed E-state index contributed by atoms with van der Waals surface area (Å²) in [5, 5.41) is 0. The third kappa shape index (κ3) is 2.66. The van der Waals surface area contributed by atoms with Crippen LogP contribution in [0.4, 0.5) is 10.1 Å². The molecule has 0 unspecified atom stereocenters. The standard InChI is InChI=1S/C9H10FNO3S/c1-15(12,13)11-8-4-6(9-5-14-9)2-3-7(8)10/h2-4,9,11H,5H2,1H3/t9-/m0/s1. The summed E-state index contributed by atoms with van der Waals surface area (Å²) in [6, 6.07) is 4.26. The molecule has 1 aliphatic heterocycles. The molecule has 0 saturated carbocycles. The molecule has 1 saturated heterocycles. The molecule has 1 aromatic carbocycles. The predicted octanol–water partition coefficient (Wildman–Crippen LogP) is 1.27. The molecule has 0 amide bonds. The van der Waals surface area contributed by atoms with Crippen molar-refractivity contribution in [3.8, 4) is 0 Å². The maximum atomic E-state index is 13.2. The number of halogens is 1. The van der Waals surface area contributed by atoms with Crippen LogP contribution in [0, 0.1) is 5.82 Å². The van der Waals surface area contributed by atoms with Crippen molar-refractivity contribution < 1.29 is 17.5 Å². The Balaban J connectivity index is 2.32. The van der Waals surface area contributed by atoms with Crippen molar-refractivity contribution in [3.05, 3.63) is 29.6 Å². The minimum Gasteiger partial charge on any atom is -0.368 e. The van der Waals surface area contributed by atoms with Crippen molar-refractivity contribution in [2.24, 2.45) is 0 Å². The molecular formula is C9H10FNO3S. The fourth-order valence-corrected chi connectivity index (χ4v) is 1.82. The van der Waals surface area contributed by atoms with Gasteiger partial charge in [-0.2, -0.15) is 0 Å². The van der Waals surface area contributed by atoms with Crippen LogP contribution in [0.3, 0.4) is 0 Å². The van der Waals surface area contributed by atoms with Gasteiger partial charge in [0.25, 0.3) is 0 Å². The lowest BCUT2D eigenvalue weighted by Gasteiger charge is -2.06. The molecule has 1 aliphatic rings. The van der Waals surface area contributed by atoms with E-state index in [-0.39, 0.29) is 11.8 Å². The van der Waals surface area contributed by atoms with Gasteiger partial charge in [-0.15, -0.1) is 0 Å². The van der Waals surface area contributed by atoms with E-state index in [0.29, 0.717) is 6.61 Å². The monoisotopic (exact) mass is 231 g/mol. The Bertz CT molecular complexity index is 482. The smallest absolute Gasteiger partial charge is 0.229 e. The van der Waals surface area contributed by atoms with Gasteiger partial charge in [-0.05, 0) is 17.7 Å². The largest absolute Gasteiger partial charge is 0.368 e. The number of ether oxygens (including phenoxy) is 1. The van der Waals surface area contributed by atoms with Gasteiger partial charge in [0, 0.05) is 0 Å². The molecule has 1 fully saturated rings. The van der Waals surface area contributed by atoms with E-state index in [9.17, 15) is 12.8 Å². The maximum Gasteiger partial charge on any atom is 0.229 e. The minimum atomic E-state index is -3.45. The number of anilines is 1. The highest BCUT2D eigenvalue weighted by Gasteiger charge is 2.25. The molecule has 6 heteroatoms. The van der Waals surface area contributed by atoms with E-state index in [4.69, 9.17) is 4.74 Å². The van der Waals surface area contributed by atoms with Crippen LogP contribution in [0.15, 0.2) is 18.2 Å². The highest BCUT2D eigenvalue weighted by Crippen LogP contribution is 2.32. The molecule has 1 N–H and O–H groups in total. The summed E-state index contributed by atoms with van der Waals surface area (Å²) in [5.41, 5.74) is 0.744. The highest BCUT2D eigenvalue weighted by molar-refractivity contribution is 7.92. The third-order valence-electron chi connectivity index (χ3n) is 1.99. The molecule has 1 heterocycles. The normalized spacial score (nSPS) is 20.0. The van der Waals surface area contributed by atoms with Gasteiger partial charge in [-0.3, -0.25) is 4.72 Å². The second-order valence-electron chi connectivity index (χ2n) is 3.44. The fraction of sp³-hybridized carbons (Fsp3) is 0.333. The SMILES string of the molecule is CS(=O)(=O)Nc1cc([C@@H]2CO2)ccc1F. The van der Waals surface area contributed by atoms with Crippen molar-refractivity contribution in [1.82, 2.24) is 0 Å². The average molecular weight is 231 g/mol. The van der Waals surface area contributed by atoms with Crippen LogP contribution < -0.4 is 4.72 Å². The van der Waals surface area contributed by atoms with Crippen molar-refractivity contribution in [2.75, 3.05) is 17.6 Å². The molecule has 15 heavy (non-hydrogen) atoms. The molecule has 0 aliphatic carbocycles. The van der Waals surface area contributed by atoms with Crippen LogP contribution in [-0.4, -0.2) is 21.3 Å². The van der Waals surface area contributed by atoms with E-state index in [1.54, 1.807) is 6.07 Å². The Hall–Kier alpha value is -1.14. The number of rotatable bonds is 3.